The number of para-hydroxylation sites is 1. The molecule has 2 heterocycles. The predicted octanol–water partition coefficient (Wildman–Crippen LogP) is 5.28. The van der Waals surface area contributed by atoms with Crippen LogP contribution >= 0.6 is 0 Å². The second-order valence-electron chi connectivity index (χ2n) is 7.10. The van der Waals surface area contributed by atoms with Crippen molar-refractivity contribution in [3.63, 3.8) is 0 Å². The Labute approximate surface area is 172 Å². The molecule has 148 valence electrons. The summed E-state index contributed by atoms with van der Waals surface area (Å²) < 4.78 is 35.2. The molecule has 6 heteroatoms. The van der Waals surface area contributed by atoms with E-state index < -0.39 is 9.84 Å². The molecule has 0 aliphatic rings. The number of benzene rings is 3. The minimum absolute atomic E-state index is 0.151. The van der Waals surface area contributed by atoms with Crippen LogP contribution < -0.4 is 5.43 Å². The summed E-state index contributed by atoms with van der Waals surface area (Å²) in [7, 11) is -3.33. The zero-order valence-electron chi connectivity index (χ0n) is 16.0. The van der Waals surface area contributed by atoms with Gasteiger partial charge in [0, 0.05) is 17.2 Å². The number of hydrogen-bond acceptors (Lipinski definition) is 5. The molecule has 0 saturated carbocycles. The summed E-state index contributed by atoms with van der Waals surface area (Å²) in [5, 5.41) is 1.36. The molecule has 5 rings (SSSR count). The van der Waals surface area contributed by atoms with Gasteiger partial charge in [-0.25, -0.2) is 8.42 Å². The van der Waals surface area contributed by atoms with Crippen molar-refractivity contribution in [1.29, 1.82) is 0 Å². The Balaban J connectivity index is 1.82. The molecular weight excluding hydrogens is 400 g/mol. The normalized spacial score (nSPS) is 11.9. The SMILES string of the molecule is CS(=O)(=O)c1ccc(-c2oc3ccccc3c(=O)c2-c2ccc3occc3c2)cc1. The highest BCUT2D eigenvalue weighted by Gasteiger charge is 2.19. The lowest BCUT2D eigenvalue weighted by atomic mass is 9.97. The molecule has 0 radical (unpaired) electrons. The first-order chi connectivity index (χ1) is 14.4. The summed E-state index contributed by atoms with van der Waals surface area (Å²) >= 11 is 0. The van der Waals surface area contributed by atoms with Gasteiger partial charge in [-0.05, 0) is 60.2 Å². The van der Waals surface area contributed by atoms with E-state index in [2.05, 4.69) is 0 Å². The highest BCUT2D eigenvalue weighted by atomic mass is 32.2. The fraction of sp³-hybridized carbons (Fsp3) is 0.0417. The van der Waals surface area contributed by atoms with Gasteiger partial charge in [-0.15, -0.1) is 0 Å². The topological polar surface area (TPSA) is 77.5 Å². The number of sulfone groups is 1. The predicted molar refractivity (Wildman–Crippen MR) is 116 cm³/mol. The van der Waals surface area contributed by atoms with Gasteiger partial charge in [0.25, 0.3) is 0 Å². The van der Waals surface area contributed by atoms with Gasteiger partial charge >= 0.3 is 0 Å². The molecule has 0 spiro atoms. The summed E-state index contributed by atoms with van der Waals surface area (Å²) in [5.74, 6) is 0.390. The average molecular weight is 416 g/mol. The third kappa shape index (κ3) is 3.02. The molecule has 0 aliphatic heterocycles. The quantitative estimate of drug-likeness (QED) is 0.400. The molecule has 5 nitrogen and oxygen atoms in total. The minimum Gasteiger partial charge on any atom is -0.464 e. The smallest absolute Gasteiger partial charge is 0.201 e. The maximum Gasteiger partial charge on any atom is 0.201 e. The largest absolute Gasteiger partial charge is 0.464 e. The first kappa shape index (κ1) is 18.4. The Hall–Kier alpha value is -3.64. The molecular formula is C24H16O5S. The molecule has 3 aromatic carbocycles. The zero-order chi connectivity index (χ0) is 20.9. The third-order valence-corrected chi connectivity index (χ3v) is 6.21. The van der Waals surface area contributed by atoms with Crippen LogP contribution in [0.3, 0.4) is 0 Å². The molecule has 0 aliphatic carbocycles. The standard InChI is InChI=1S/C24H16O5S/c1-30(26,27)18-9-6-15(7-10-18)24-22(17-8-11-20-16(14-17)12-13-28-20)23(25)19-4-2-3-5-21(19)29-24/h2-14H,1H3. The molecule has 5 aromatic rings. The molecule has 0 saturated heterocycles. The number of furan rings is 1. The van der Waals surface area contributed by atoms with Crippen LogP contribution in [0.1, 0.15) is 0 Å². The van der Waals surface area contributed by atoms with E-state index in [4.69, 9.17) is 8.83 Å². The van der Waals surface area contributed by atoms with Crippen molar-refractivity contribution in [3.05, 3.63) is 89.3 Å². The van der Waals surface area contributed by atoms with Crippen LogP contribution in [0.5, 0.6) is 0 Å². The van der Waals surface area contributed by atoms with Gasteiger partial charge in [-0.1, -0.05) is 18.2 Å². The summed E-state index contributed by atoms with van der Waals surface area (Å²) in [5.41, 5.74) is 2.78. The second-order valence-corrected chi connectivity index (χ2v) is 9.12. The van der Waals surface area contributed by atoms with Crippen LogP contribution in [0.2, 0.25) is 0 Å². The summed E-state index contributed by atoms with van der Waals surface area (Å²) in [6, 6.07) is 20.8. The summed E-state index contributed by atoms with van der Waals surface area (Å²) in [4.78, 5) is 13.6. The van der Waals surface area contributed by atoms with E-state index in [1.54, 1.807) is 42.7 Å². The highest BCUT2D eigenvalue weighted by molar-refractivity contribution is 7.90. The van der Waals surface area contributed by atoms with E-state index in [-0.39, 0.29) is 10.3 Å². The molecule has 0 amide bonds. The van der Waals surface area contributed by atoms with E-state index in [9.17, 15) is 13.2 Å². The Morgan fingerprint density at radius 3 is 2.30 bits per heavy atom. The summed E-state index contributed by atoms with van der Waals surface area (Å²) in [6.45, 7) is 0. The first-order valence-corrected chi connectivity index (χ1v) is 11.1. The van der Waals surface area contributed by atoms with Crippen molar-refractivity contribution < 1.29 is 17.3 Å². The molecule has 0 unspecified atom stereocenters. The van der Waals surface area contributed by atoms with E-state index >= 15 is 0 Å². The molecule has 30 heavy (non-hydrogen) atoms. The average Bonchev–Trinajstić information content (AvgIpc) is 3.21. The Morgan fingerprint density at radius 1 is 0.800 bits per heavy atom. The lowest BCUT2D eigenvalue weighted by molar-refractivity contribution is 0.601. The van der Waals surface area contributed by atoms with E-state index in [1.807, 2.05) is 24.3 Å². The molecule has 2 aromatic heterocycles. The molecule has 0 bridgehead atoms. The monoisotopic (exact) mass is 416 g/mol. The van der Waals surface area contributed by atoms with Crippen molar-refractivity contribution in [2.24, 2.45) is 0 Å². The van der Waals surface area contributed by atoms with Gasteiger partial charge in [-0.3, -0.25) is 4.79 Å². The van der Waals surface area contributed by atoms with Crippen molar-refractivity contribution in [3.8, 4) is 22.5 Å². The number of rotatable bonds is 3. The minimum atomic E-state index is -3.33. The number of hydrogen-bond donors (Lipinski definition) is 0. The fourth-order valence-corrected chi connectivity index (χ4v) is 4.21. The van der Waals surface area contributed by atoms with Crippen LogP contribution in [0.25, 0.3) is 44.4 Å². The van der Waals surface area contributed by atoms with Crippen LogP contribution in [-0.2, 0) is 9.84 Å². The second kappa shape index (κ2) is 6.71. The van der Waals surface area contributed by atoms with Crippen LogP contribution in [0.15, 0.2) is 97.6 Å². The van der Waals surface area contributed by atoms with Gasteiger partial charge in [0.05, 0.1) is 22.1 Å². The summed E-state index contributed by atoms with van der Waals surface area (Å²) in [6.07, 6.45) is 2.76. The van der Waals surface area contributed by atoms with Crippen molar-refractivity contribution in [1.82, 2.24) is 0 Å². The lowest BCUT2D eigenvalue weighted by Gasteiger charge is -2.11. The number of fused-ring (bicyclic) bond motifs is 2. The molecule has 0 N–H and O–H groups in total. The van der Waals surface area contributed by atoms with Crippen LogP contribution in [-0.4, -0.2) is 14.7 Å². The lowest BCUT2D eigenvalue weighted by Crippen LogP contribution is -2.07. The third-order valence-electron chi connectivity index (χ3n) is 5.08. The van der Waals surface area contributed by atoms with E-state index in [0.717, 1.165) is 17.2 Å². The molecule has 0 fully saturated rings. The molecule has 0 atom stereocenters. The van der Waals surface area contributed by atoms with Gasteiger partial charge in [0.15, 0.2) is 9.84 Å². The zero-order valence-corrected chi connectivity index (χ0v) is 16.8. The Morgan fingerprint density at radius 2 is 1.53 bits per heavy atom. The van der Waals surface area contributed by atoms with Crippen molar-refractivity contribution >= 4 is 31.8 Å². The fourth-order valence-electron chi connectivity index (χ4n) is 3.58. The van der Waals surface area contributed by atoms with Gasteiger partial charge in [-0.2, -0.15) is 0 Å². The highest BCUT2D eigenvalue weighted by Crippen LogP contribution is 2.34. The van der Waals surface area contributed by atoms with Crippen molar-refractivity contribution in [2.75, 3.05) is 6.26 Å². The van der Waals surface area contributed by atoms with E-state index in [1.165, 1.54) is 12.1 Å². The Bertz CT molecular complexity index is 1570. The maximum atomic E-state index is 13.4. The van der Waals surface area contributed by atoms with Gasteiger partial charge < -0.3 is 8.83 Å². The Kier molecular flexibility index (Phi) is 4.11. The van der Waals surface area contributed by atoms with Gasteiger partial charge in [0.2, 0.25) is 5.43 Å². The first-order valence-electron chi connectivity index (χ1n) is 9.26. The maximum absolute atomic E-state index is 13.4. The van der Waals surface area contributed by atoms with Crippen LogP contribution in [0, 0.1) is 0 Å². The van der Waals surface area contributed by atoms with Gasteiger partial charge in [0.1, 0.15) is 16.9 Å². The van der Waals surface area contributed by atoms with E-state index in [0.29, 0.717) is 33.4 Å². The van der Waals surface area contributed by atoms with Crippen molar-refractivity contribution in [2.45, 2.75) is 4.90 Å². The van der Waals surface area contributed by atoms with Crippen LogP contribution in [0.4, 0.5) is 0 Å².